The molecule has 0 aromatic rings. The van der Waals surface area contributed by atoms with Gasteiger partial charge in [0.1, 0.15) is 0 Å². The lowest BCUT2D eigenvalue weighted by Gasteiger charge is -2.25. The number of nitrogens with one attached hydrogen (secondary N) is 1. The van der Waals surface area contributed by atoms with Gasteiger partial charge in [-0.25, -0.2) is 4.79 Å². The van der Waals surface area contributed by atoms with E-state index in [-0.39, 0.29) is 38.9 Å². The number of esters is 1. The van der Waals surface area contributed by atoms with E-state index in [2.05, 4.69) is 16.6 Å². The number of aliphatic hydroxyl groups excluding tert-OH is 1. The van der Waals surface area contributed by atoms with Crippen molar-refractivity contribution in [3.8, 4) is 0 Å². The summed E-state index contributed by atoms with van der Waals surface area (Å²) < 4.78 is 20.5. The van der Waals surface area contributed by atoms with Gasteiger partial charge in [0.25, 0.3) is 0 Å². The first-order valence-corrected chi connectivity index (χ1v) is 7.81. The van der Waals surface area contributed by atoms with Crippen molar-refractivity contribution in [2.75, 3.05) is 40.1 Å². The van der Waals surface area contributed by atoms with Crippen LogP contribution in [0.4, 0.5) is 4.79 Å². The van der Waals surface area contributed by atoms with Crippen molar-refractivity contribution in [2.24, 2.45) is 11.8 Å². The first kappa shape index (κ1) is 22.4. The molecule has 0 saturated carbocycles. The second-order valence-electron chi connectivity index (χ2n) is 5.43. The monoisotopic (exact) mass is 347 g/mol. The second-order valence-corrected chi connectivity index (χ2v) is 5.43. The summed E-state index contributed by atoms with van der Waals surface area (Å²) >= 11 is 0. The van der Waals surface area contributed by atoms with E-state index in [0.29, 0.717) is 0 Å². The molecule has 0 aromatic heterocycles. The maximum absolute atomic E-state index is 11.8. The fourth-order valence-corrected chi connectivity index (χ4v) is 1.56. The largest absolute Gasteiger partial charge is 0.469 e. The molecule has 0 spiro atoms. The van der Waals surface area contributed by atoms with Crippen LogP contribution in [-0.4, -0.2) is 63.5 Å². The van der Waals surface area contributed by atoms with Gasteiger partial charge in [-0.3, -0.25) is 4.79 Å². The molecule has 0 heterocycles. The molecule has 0 radical (unpaired) electrons. The number of hydrogen-bond acceptors (Lipinski definition) is 7. The van der Waals surface area contributed by atoms with E-state index in [4.69, 9.17) is 19.3 Å². The predicted octanol–water partition coefficient (Wildman–Crippen LogP) is 1.09. The highest BCUT2D eigenvalue weighted by Crippen LogP contribution is 2.18. The second kappa shape index (κ2) is 12.7. The van der Waals surface area contributed by atoms with E-state index >= 15 is 0 Å². The Morgan fingerprint density at radius 3 is 2.46 bits per heavy atom. The summed E-state index contributed by atoms with van der Waals surface area (Å²) in [7, 11) is 1.30. The first-order valence-electron chi connectivity index (χ1n) is 7.81. The average Bonchev–Trinajstić information content (AvgIpc) is 2.56. The maximum atomic E-state index is 11.8. The van der Waals surface area contributed by atoms with Crippen LogP contribution >= 0.6 is 0 Å². The van der Waals surface area contributed by atoms with Crippen LogP contribution in [0.15, 0.2) is 12.2 Å². The highest BCUT2D eigenvalue weighted by molar-refractivity contribution is 5.71. The number of amides is 1. The van der Waals surface area contributed by atoms with Gasteiger partial charge in [-0.2, -0.15) is 0 Å². The topological polar surface area (TPSA) is 103 Å². The van der Waals surface area contributed by atoms with Crippen molar-refractivity contribution in [3.05, 3.63) is 12.2 Å². The average molecular weight is 347 g/mol. The Labute approximate surface area is 143 Å². The van der Waals surface area contributed by atoms with E-state index in [0.717, 1.165) is 5.57 Å². The Balaban J connectivity index is 4.42. The summed E-state index contributed by atoms with van der Waals surface area (Å²) in [5, 5.41) is 11.1. The van der Waals surface area contributed by atoms with Crippen LogP contribution in [0, 0.1) is 11.8 Å². The van der Waals surface area contributed by atoms with Gasteiger partial charge in [-0.15, -0.1) is 0 Å². The number of carbonyl (C=O) groups excluding carboxylic acids is 2. The molecule has 0 bridgehead atoms. The number of hydrogen-bond donors (Lipinski definition) is 2. The molecule has 0 fully saturated rings. The van der Waals surface area contributed by atoms with Gasteiger partial charge in [0.15, 0.2) is 0 Å². The van der Waals surface area contributed by atoms with Crippen molar-refractivity contribution < 1.29 is 33.6 Å². The van der Waals surface area contributed by atoms with Gasteiger partial charge in [0, 0.05) is 12.5 Å². The molecule has 24 heavy (non-hydrogen) atoms. The molecule has 0 rings (SSSR count). The lowest BCUT2D eigenvalue weighted by atomic mass is 10.0. The third-order valence-corrected chi connectivity index (χ3v) is 3.27. The van der Waals surface area contributed by atoms with Crippen LogP contribution < -0.4 is 5.32 Å². The molecule has 140 valence electrons. The van der Waals surface area contributed by atoms with Crippen LogP contribution in [0.25, 0.3) is 0 Å². The minimum atomic E-state index is -0.868. The van der Waals surface area contributed by atoms with Crippen LogP contribution in [0.5, 0.6) is 0 Å². The van der Waals surface area contributed by atoms with Gasteiger partial charge in [0.05, 0.1) is 39.5 Å². The zero-order chi connectivity index (χ0) is 18.5. The van der Waals surface area contributed by atoms with Gasteiger partial charge in [0.2, 0.25) is 6.29 Å². The molecule has 0 saturated heterocycles. The summed E-state index contributed by atoms with van der Waals surface area (Å²) in [6.45, 7) is 9.80. The predicted molar refractivity (Wildman–Crippen MR) is 87.3 cm³/mol. The fourth-order valence-electron chi connectivity index (χ4n) is 1.56. The molecule has 2 N–H and O–H groups in total. The number of methoxy groups -OCH3 is 1. The molecule has 3 unspecified atom stereocenters. The van der Waals surface area contributed by atoms with Crippen LogP contribution in [-0.2, 0) is 23.7 Å². The standard InChI is InChI=1S/C16H29NO7/c1-11(2)13(4)15(23-10-12(3)14(19)21-5)24-16(20)17-6-8-22-9-7-18/h12-13,15,18H,1,6-10H2,2-5H3,(H,17,20). The molecule has 8 nitrogen and oxygen atoms in total. The van der Waals surface area contributed by atoms with Crippen LogP contribution in [0.3, 0.4) is 0 Å². The van der Waals surface area contributed by atoms with Crippen molar-refractivity contribution in [2.45, 2.75) is 27.1 Å². The molecule has 0 aromatic carbocycles. The molecule has 3 atom stereocenters. The molecule has 0 aliphatic heterocycles. The summed E-state index contributed by atoms with van der Waals surface area (Å²) in [6.07, 6.45) is -1.53. The zero-order valence-electron chi connectivity index (χ0n) is 14.9. The minimum absolute atomic E-state index is 0.0574. The molecule has 8 heteroatoms. The third kappa shape index (κ3) is 9.49. The lowest BCUT2D eigenvalue weighted by molar-refractivity contribution is -0.158. The van der Waals surface area contributed by atoms with E-state index in [1.54, 1.807) is 13.8 Å². The van der Waals surface area contributed by atoms with Gasteiger partial charge >= 0.3 is 12.1 Å². The van der Waals surface area contributed by atoms with Gasteiger partial charge < -0.3 is 29.4 Å². The quantitative estimate of drug-likeness (QED) is 0.236. The summed E-state index contributed by atoms with van der Waals surface area (Å²) in [5.74, 6) is -1.12. The summed E-state index contributed by atoms with van der Waals surface area (Å²) in [4.78, 5) is 23.2. The Bertz CT molecular complexity index is 400. The lowest BCUT2D eigenvalue weighted by Crippen LogP contribution is -2.37. The van der Waals surface area contributed by atoms with E-state index in [9.17, 15) is 9.59 Å². The van der Waals surface area contributed by atoms with Crippen molar-refractivity contribution in [1.29, 1.82) is 0 Å². The van der Waals surface area contributed by atoms with Crippen LogP contribution in [0.2, 0.25) is 0 Å². The molecule has 1 amide bonds. The van der Waals surface area contributed by atoms with Gasteiger partial charge in [-0.1, -0.05) is 19.1 Å². The Hall–Kier alpha value is -1.64. The first-order chi connectivity index (χ1) is 11.3. The number of ether oxygens (including phenoxy) is 4. The highest BCUT2D eigenvalue weighted by atomic mass is 16.7. The third-order valence-electron chi connectivity index (χ3n) is 3.27. The van der Waals surface area contributed by atoms with E-state index in [1.165, 1.54) is 7.11 Å². The fraction of sp³-hybridized carbons (Fsp3) is 0.750. The Morgan fingerprint density at radius 2 is 1.92 bits per heavy atom. The maximum Gasteiger partial charge on any atom is 0.409 e. The van der Waals surface area contributed by atoms with Crippen molar-refractivity contribution in [3.63, 3.8) is 0 Å². The highest BCUT2D eigenvalue weighted by Gasteiger charge is 2.25. The minimum Gasteiger partial charge on any atom is -0.469 e. The van der Waals surface area contributed by atoms with Crippen LogP contribution in [0.1, 0.15) is 20.8 Å². The number of rotatable bonds is 12. The molecular weight excluding hydrogens is 318 g/mol. The van der Waals surface area contributed by atoms with E-state index in [1.807, 2.05) is 6.92 Å². The number of carbonyl (C=O) groups is 2. The van der Waals surface area contributed by atoms with Gasteiger partial charge in [-0.05, 0) is 13.8 Å². The normalized spacial score (nSPS) is 14.4. The molecular formula is C16H29NO7. The SMILES string of the molecule is C=C(C)C(C)C(OCC(C)C(=O)OC)OC(=O)NCCOCCO. The number of alkyl carbamates (subject to hydrolysis) is 1. The number of aliphatic hydroxyl groups is 1. The Morgan fingerprint density at radius 1 is 1.25 bits per heavy atom. The summed E-state index contributed by atoms with van der Waals surface area (Å²) in [6, 6.07) is 0. The van der Waals surface area contributed by atoms with Crippen molar-refractivity contribution >= 4 is 12.1 Å². The molecule has 0 aliphatic carbocycles. The van der Waals surface area contributed by atoms with E-state index < -0.39 is 24.3 Å². The molecule has 0 aliphatic rings. The smallest absolute Gasteiger partial charge is 0.409 e. The Kier molecular flexibility index (Phi) is 11.9. The summed E-state index contributed by atoms with van der Waals surface area (Å²) in [5.41, 5.74) is 0.782. The zero-order valence-corrected chi connectivity index (χ0v) is 14.9. The van der Waals surface area contributed by atoms with Crippen molar-refractivity contribution in [1.82, 2.24) is 5.32 Å².